The number of piperidine rings is 1. The quantitative estimate of drug-likeness (QED) is 0.378. The number of tetrazole rings is 1. The molecule has 6 rings (SSSR count). The molecule has 0 bridgehead atoms. The van der Waals surface area contributed by atoms with Gasteiger partial charge in [-0.2, -0.15) is 4.98 Å². The molecule has 1 N–H and O–H groups in total. The number of anilines is 3. The molecule has 0 radical (unpaired) electrons. The zero-order valence-electron chi connectivity index (χ0n) is 19.8. The van der Waals surface area contributed by atoms with Gasteiger partial charge in [0.05, 0.1) is 17.6 Å². The van der Waals surface area contributed by atoms with Crippen LogP contribution in [0.2, 0.25) is 0 Å². The molecule has 184 valence electrons. The number of nitrogens with zero attached hydrogens (tertiary/aromatic N) is 10. The van der Waals surface area contributed by atoms with Gasteiger partial charge >= 0.3 is 6.01 Å². The number of benzene rings is 1. The molecule has 12 nitrogen and oxygen atoms in total. The molecule has 1 aliphatic rings. The molecule has 1 aromatic carbocycles. The topological polar surface area (TPSA) is 128 Å². The minimum Gasteiger partial charge on any atom is -0.349 e. The highest BCUT2D eigenvalue weighted by molar-refractivity contribution is 5.73. The molecule has 0 amide bonds. The molecule has 1 aliphatic heterocycles. The van der Waals surface area contributed by atoms with Gasteiger partial charge in [0.15, 0.2) is 11.5 Å². The molecule has 0 spiro atoms. The lowest BCUT2D eigenvalue weighted by atomic mass is 9.94. The number of fused-ring (bicyclic) bond motifs is 1. The lowest BCUT2D eigenvalue weighted by molar-refractivity contribution is 0.386. The molecule has 4 aromatic heterocycles. The van der Waals surface area contributed by atoms with E-state index in [1.54, 1.807) is 24.7 Å². The Labute approximate surface area is 205 Å². The van der Waals surface area contributed by atoms with Crippen molar-refractivity contribution in [1.29, 1.82) is 0 Å². The summed E-state index contributed by atoms with van der Waals surface area (Å²) in [4.78, 5) is 15.7. The van der Waals surface area contributed by atoms with Crippen LogP contribution in [-0.2, 0) is 0 Å². The number of rotatable bonds is 6. The summed E-state index contributed by atoms with van der Waals surface area (Å²) in [5.41, 5.74) is 3.20. The van der Waals surface area contributed by atoms with Gasteiger partial charge < -0.3 is 14.7 Å². The highest BCUT2D eigenvalue weighted by atomic mass is 19.1. The standard InChI is InChI=1S/C23H24FN11O/c1-14(2)21-29-23(36-30-21)33-7-5-15(6-8-33)20-11-26-22-19(10-25-12-34(20)22)28-18-4-3-16(9-17(18)24)35-13-27-31-32-35/h3-4,9-15,28H,5-8H2,1-2H3. The van der Waals surface area contributed by atoms with Crippen LogP contribution in [0.25, 0.3) is 11.3 Å². The van der Waals surface area contributed by atoms with E-state index >= 15 is 0 Å². The maximum Gasteiger partial charge on any atom is 0.324 e. The van der Waals surface area contributed by atoms with E-state index in [9.17, 15) is 4.39 Å². The van der Waals surface area contributed by atoms with Gasteiger partial charge in [-0.05, 0) is 35.4 Å². The second-order valence-electron chi connectivity index (χ2n) is 9.08. The van der Waals surface area contributed by atoms with Crippen LogP contribution in [0.5, 0.6) is 0 Å². The van der Waals surface area contributed by atoms with Crippen molar-refractivity contribution < 1.29 is 8.91 Å². The number of imidazole rings is 1. The fourth-order valence-corrected chi connectivity index (χ4v) is 4.45. The third-order valence-corrected chi connectivity index (χ3v) is 6.42. The third kappa shape index (κ3) is 4.01. The van der Waals surface area contributed by atoms with E-state index in [-0.39, 0.29) is 5.92 Å². The smallest absolute Gasteiger partial charge is 0.324 e. The number of aromatic nitrogens is 9. The van der Waals surface area contributed by atoms with Crippen LogP contribution >= 0.6 is 0 Å². The van der Waals surface area contributed by atoms with Crippen molar-refractivity contribution in [3.8, 4) is 5.69 Å². The van der Waals surface area contributed by atoms with Crippen LogP contribution in [-0.4, -0.2) is 57.8 Å². The average molecular weight is 490 g/mol. The molecule has 0 atom stereocenters. The van der Waals surface area contributed by atoms with Gasteiger partial charge in [-0.1, -0.05) is 19.0 Å². The molecule has 5 heterocycles. The fourth-order valence-electron chi connectivity index (χ4n) is 4.45. The minimum absolute atomic E-state index is 0.228. The zero-order chi connectivity index (χ0) is 24.6. The fraction of sp³-hybridized carbons (Fsp3) is 0.348. The first-order valence-electron chi connectivity index (χ1n) is 11.8. The maximum atomic E-state index is 14.8. The number of halogens is 1. The summed E-state index contributed by atoms with van der Waals surface area (Å²) in [6.07, 6.45) is 8.51. The Bertz CT molecular complexity index is 1490. The summed E-state index contributed by atoms with van der Waals surface area (Å²) < 4.78 is 23.7. The van der Waals surface area contributed by atoms with Crippen molar-refractivity contribution >= 4 is 23.0 Å². The monoisotopic (exact) mass is 489 g/mol. The van der Waals surface area contributed by atoms with Crippen LogP contribution in [0.3, 0.4) is 0 Å². The Kier molecular flexibility index (Phi) is 5.51. The lowest BCUT2D eigenvalue weighted by Crippen LogP contribution is -2.33. The Hall–Kier alpha value is -4.42. The van der Waals surface area contributed by atoms with Crippen molar-refractivity contribution in [2.45, 2.75) is 38.5 Å². The first-order valence-corrected chi connectivity index (χ1v) is 11.8. The van der Waals surface area contributed by atoms with E-state index in [1.807, 2.05) is 24.4 Å². The first-order chi connectivity index (χ1) is 17.6. The Morgan fingerprint density at radius 2 is 1.97 bits per heavy atom. The molecule has 1 saturated heterocycles. The SMILES string of the molecule is CC(C)c1noc(N2CCC(c3cnc4c(Nc5ccc(-n6cnnn6)cc5F)cncn34)CC2)n1. The van der Waals surface area contributed by atoms with Gasteiger partial charge in [0, 0.05) is 42.9 Å². The predicted octanol–water partition coefficient (Wildman–Crippen LogP) is 3.48. The maximum absolute atomic E-state index is 14.8. The Balaban J connectivity index is 1.19. The van der Waals surface area contributed by atoms with Crippen LogP contribution in [0, 0.1) is 5.82 Å². The summed E-state index contributed by atoms with van der Waals surface area (Å²) >= 11 is 0. The molecule has 5 aromatic rings. The van der Waals surface area contributed by atoms with Gasteiger partial charge in [-0.15, -0.1) is 5.10 Å². The van der Waals surface area contributed by atoms with E-state index in [0.29, 0.717) is 34.6 Å². The lowest BCUT2D eigenvalue weighted by Gasteiger charge is -2.30. The van der Waals surface area contributed by atoms with Crippen LogP contribution in [0.15, 0.2) is 47.8 Å². The van der Waals surface area contributed by atoms with Gasteiger partial charge in [-0.25, -0.2) is 19.0 Å². The van der Waals surface area contributed by atoms with Crippen LogP contribution in [0.4, 0.5) is 21.8 Å². The largest absolute Gasteiger partial charge is 0.349 e. The number of hydrogen-bond acceptors (Lipinski definition) is 10. The van der Waals surface area contributed by atoms with E-state index in [0.717, 1.165) is 37.4 Å². The van der Waals surface area contributed by atoms with Crippen molar-refractivity contribution in [2.24, 2.45) is 0 Å². The zero-order valence-corrected chi connectivity index (χ0v) is 19.8. The molecular formula is C23H24FN11O. The van der Waals surface area contributed by atoms with Crippen molar-refractivity contribution in [1.82, 2.24) is 44.7 Å². The van der Waals surface area contributed by atoms with Crippen molar-refractivity contribution in [2.75, 3.05) is 23.3 Å². The summed E-state index contributed by atoms with van der Waals surface area (Å²) in [5, 5.41) is 18.2. The average Bonchev–Trinajstić information content (AvgIpc) is 3.66. The van der Waals surface area contributed by atoms with E-state index in [4.69, 9.17) is 4.52 Å². The number of nitrogens with one attached hydrogen (secondary N) is 1. The predicted molar refractivity (Wildman–Crippen MR) is 128 cm³/mol. The molecule has 0 saturated carbocycles. The highest BCUT2D eigenvalue weighted by Gasteiger charge is 2.27. The summed E-state index contributed by atoms with van der Waals surface area (Å²) in [6.45, 7) is 5.70. The second kappa shape index (κ2) is 8.98. The Morgan fingerprint density at radius 3 is 2.69 bits per heavy atom. The van der Waals surface area contributed by atoms with Gasteiger partial charge in [0.25, 0.3) is 0 Å². The van der Waals surface area contributed by atoms with Crippen molar-refractivity contribution in [3.05, 3.63) is 60.6 Å². The summed E-state index contributed by atoms with van der Waals surface area (Å²) in [6, 6.07) is 5.31. The molecule has 0 unspecified atom stereocenters. The van der Waals surface area contributed by atoms with E-state index in [2.05, 4.69) is 45.9 Å². The summed E-state index contributed by atoms with van der Waals surface area (Å²) in [7, 11) is 0. The van der Waals surface area contributed by atoms with Crippen LogP contribution in [0.1, 0.15) is 50.0 Å². The molecule has 1 fully saturated rings. The van der Waals surface area contributed by atoms with Crippen LogP contribution < -0.4 is 10.2 Å². The molecule has 0 aliphatic carbocycles. The number of hydrogen-bond donors (Lipinski definition) is 1. The van der Waals surface area contributed by atoms with Gasteiger partial charge in [0.2, 0.25) is 0 Å². The Morgan fingerprint density at radius 1 is 1.11 bits per heavy atom. The molecule has 13 heteroatoms. The van der Waals surface area contributed by atoms with Gasteiger partial charge in [-0.3, -0.25) is 4.40 Å². The molecule has 36 heavy (non-hydrogen) atoms. The summed E-state index contributed by atoms with van der Waals surface area (Å²) in [5.74, 6) is 0.811. The van der Waals surface area contributed by atoms with E-state index < -0.39 is 5.82 Å². The third-order valence-electron chi connectivity index (χ3n) is 6.42. The minimum atomic E-state index is -0.439. The van der Waals surface area contributed by atoms with Gasteiger partial charge in [0.1, 0.15) is 24.2 Å². The second-order valence-corrected chi connectivity index (χ2v) is 9.08. The first kappa shape index (κ1) is 22.1. The highest BCUT2D eigenvalue weighted by Crippen LogP contribution is 2.32. The van der Waals surface area contributed by atoms with E-state index in [1.165, 1.54) is 17.1 Å². The normalized spacial score (nSPS) is 14.7. The van der Waals surface area contributed by atoms with Crippen molar-refractivity contribution in [3.63, 3.8) is 0 Å². The molecular weight excluding hydrogens is 465 g/mol.